The van der Waals surface area contributed by atoms with E-state index in [0.29, 0.717) is 5.56 Å². The summed E-state index contributed by atoms with van der Waals surface area (Å²) in [4.78, 5) is 3.65. The molecule has 3 N–H and O–H groups in total. The van der Waals surface area contributed by atoms with Gasteiger partial charge in [-0.25, -0.2) is 13.8 Å². The molecule has 0 aromatic carbocycles. The monoisotopic (exact) mass is 222 g/mol. The molecule has 78 valence electrons. The van der Waals surface area contributed by atoms with Crippen molar-refractivity contribution in [1.82, 2.24) is 4.98 Å². The highest BCUT2D eigenvalue weighted by atomic mass is 35.5. The van der Waals surface area contributed by atoms with Crippen LogP contribution in [0.2, 0.25) is 0 Å². The van der Waals surface area contributed by atoms with Crippen molar-refractivity contribution >= 4 is 17.4 Å². The van der Waals surface area contributed by atoms with Gasteiger partial charge in [-0.1, -0.05) is 0 Å². The average Bonchev–Trinajstić information content (AvgIpc) is 2.16. The van der Waals surface area contributed by atoms with Crippen molar-refractivity contribution in [3.63, 3.8) is 0 Å². The summed E-state index contributed by atoms with van der Waals surface area (Å²) in [5.74, 6) is -0.249. The summed E-state index contributed by atoms with van der Waals surface area (Å²) in [6.07, 6.45) is -2.68. The Morgan fingerprint density at radius 1 is 1.57 bits per heavy atom. The summed E-state index contributed by atoms with van der Waals surface area (Å²) in [5.41, 5.74) is 5.54. The molecule has 14 heavy (non-hydrogen) atoms. The standard InChI is InChI=1S/C8H9ClF2N2O/c9-2-4-1-5(7(10)11)8(12)13-6(4)3-14/h1,7,14H,2-3H2,(H2,12,13). The number of nitrogen functional groups attached to an aromatic ring is 1. The van der Waals surface area contributed by atoms with Crippen LogP contribution in [0.4, 0.5) is 14.6 Å². The Labute approximate surface area is 84.5 Å². The third-order valence-electron chi connectivity index (χ3n) is 1.78. The molecule has 1 aromatic rings. The smallest absolute Gasteiger partial charge is 0.267 e. The molecule has 0 unspecified atom stereocenters. The van der Waals surface area contributed by atoms with E-state index in [0.717, 1.165) is 0 Å². The number of aliphatic hydroxyl groups excluding tert-OH is 1. The lowest BCUT2D eigenvalue weighted by molar-refractivity contribution is 0.151. The van der Waals surface area contributed by atoms with Crippen molar-refractivity contribution in [1.29, 1.82) is 0 Å². The maximum atomic E-state index is 12.4. The van der Waals surface area contributed by atoms with Gasteiger partial charge in [0.25, 0.3) is 6.43 Å². The van der Waals surface area contributed by atoms with Crippen LogP contribution in [0.1, 0.15) is 23.2 Å². The van der Waals surface area contributed by atoms with Gasteiger partial charge in [0.05, 0.1) is 17.9 Å². The molecule has 0 amide bonds. The average molecular weight is 223 g/mol. The highest BCUT2D eigenvalue weighted by molar-refractivity contribution is 6.17. The van der Waals surface area contributed by atoms with E-state index in [1.54, 1.807) is 0 Å². The zero-order valence-electron chi connectivity index (χ0n) is 7.17. The highest BCUT2D eigenvalue weighted by Crippen LogP contribution is 2.26. The lowest BCUT2D eigenvalue weighted by atomic mass is 10.1. The quantitative estimate of drug-likeness (QED) is 0.768. The fourth-order valence-corrected chi connectivity index (χ4v) is 1.29. The number of nitrogens with two attached hydrogens (primary N) is 1. The minimum Gasteiger partial charge on any atom is -0.390 e. The van der Waals surface area contributed by atoms with Crippen LogP contribution in [-0.4, -0.2) is 10.1 Å². The van der Waals surface area contributed by atoms with Gasteiger partial charge in [0.1, 0.15) is 5.82 Å². The second kappa shape index (κ2) is 4.52. The zero-order chi connectivity index (χ0) is 10.7. The molecule has 0 fully saturated rings. The normalized spacial score (nSPS) is 10.9. The summed E-state index contributed by atoms with van der Waals surface area (Å²) < 4.78 is 24.7. The molecule has 1 aromatic heterocycles. The molecule has 1 heterocycles. The van der Waals surface area contributed by atoms with Gasteiger partial charge in [0.15, 0.2) is 0 Å². The number of rotatable bonds is 3. The lowest BCUT2D eigenvalue weighted by Gasteiger charge is -2.09. The molecule has 0 saturated heterocycles. The van der Waals surface area contributed by atoms with E-state index in [1.165, 1.54) is 6.07 Å². The predicted molar refractivity (Wildman–Crippen MR) is 49.1 cm³/mol. The minimum absolute atomic E-state index is 0.0168. The van der Waals surface area contributed by atoms with E-state index >= 15 is 0 Å². The van der Waals surface area contributed by atoms with Gasteiger partial charge in [0, 0.05) is 5.88 Å². The number of halogens is 3. The number of pyridine rings is 1. The number of aromatic nitrogens is 1. The summed E-state index contributed by atoms with van der Waals surface area (Å²) in [6.45, 7) is -0.365. The summed E-state index contributed by atoms with van der Waals surface area (Å²) >= 11 is 5.50. The van der Waals surface area contributed by atoms with Crippen LogP contribution in [0, 0.1) is 0 Å². The van der Waals surface area contributed by atoms with E-state index < -0.39 is 6.43 Å². The molecule has 0 aliphatic carbocycles. The number of alkyl halides is 3. The van der Waals surface area contributed by atoms with Crippen LogP contribution >= 0.6 is 11.6 Å². The van der Waals surface area contributed by atoms with Crippen molar-refractivity contribution in [2.45, 2.75) is 18.9 Å². The molecule has 6 heteroatoms. The van der Waals surface area contributed by atoms with E-state index in [1.807, 2.05) is 0 Å². The second-order valence-electron chi connectivity index (χ2n) is 2.66. The van der Waals surface area contributed by atoms with Crippen molar-refractivity contribution < 1.29 is 13.9 Å². The molecule has 0 saturated carbocycles. The second-order valence-corrected chi connectivity index (χ2v) is 2.93. The van der Waals surface area contributed by atoms with E-state index in [9.17, 15) is 8.78 Å². The van der Waals surface area contributed by atoms with Crippen LogP contribution in [0.15, 0.2) is 6.07 Å². The molecule has 0 spiro atoms. The van der Waals surface area contributed by atoms with Crippen LogP contribution < -0.4 is 5.73 Å². The van der Waals surface area contributed by atoms with E-state index in [2.05, 4.69) is 4.98 Å². The van der Waals surface area contributed by atoms with Crippen LogP contribution in [0.3, 0.4) is 0 Å². The molecule has 0 aliphatic heterocycles. The third kappa shape index (κ3) is 2.10. The van der Waals surface area contributed by atoms with Gasteiger partial charge in [-0.15, -0.1) is 11.6 Å². The molecule has 3 nitrogen and oxygen atoms in total. The van der Waals surface area contributed by atoms with Crippen molar-refractivity contribution in [3.8, 4) is 0 Å². The van der Waals surface area contributed by atoms with E-state index in [-0.39, 0.29) is 29.6 Å². The first-order valence-electron chi connectivity index (χ1n) is 3.83. The van der Waals surface area contributed by atoms with Crippen molar-refractivity contribution in [3.05, 3.63) is 22.9 Å². The van der Waals surface area contributed by atoms with Gasteiger partial charge < -0.3 is 10.8 Å². The van der Waals surface area contributed by atoms with Gasteiger partial charge in [0.2, 0.25) is 0 Å². The molecule has 0 bridgehead atoms. The van der Waals surface area contributed by atoms with E-state index in [4.69, 9.17) is 22.4 Å². The SMILES string of the molecule is Nc1nc(CO)c(CCl)cc1C(F)F. The summed E-state index contributed by atoms with van der Waals surface area (Å²) in [6, 6.07) is 1.17. The van der Waals surface area contributed by atoms with Crippen LogP contribution in [-0.2, 0) is 12.5 Å². The summed E-state index contributed by atoms with van der Waals surface area (Å²) in [5, 5.41) is 8.84. The molecule has 0 atom stereocenters. The Kier molecular flexibility index (Phi) is 3.60. The largest absolute Gasteiger partial charge is 0.390 e. The van der Waals surface area contributed by atoms with Crippen molar-refractivity contribution in [2.75, 3.05) is 5.73 Å². The van der Waals surface area contributed by atoms with Gasteiger partial charge in [-0.3, -0.25) is 0 Å². The Hall–Kier alpha value is -0.940. The third-order valence-corrected chi connectivity index (χ3v) is 2.07. The molecule has 0 aliphatic rings. The van der Waals surface area contributed by atoms with Crippen LogP contribution in [0.25, 0.3) is 0 Å². The Morgan fingerprint density at radius 2 is 2.21 bits per heavy atom. The van der Waals surface area contributed by atoms with Crippen LogP contribution in [0.5, 0.6) is 0 Å². The topological polar surface area (TPSA) is 59.1 Å². The van der Waals surface area contributed by atoms with Gasteiger partial charge >= 0.3 is 0 Å². The fourth-order valence-electron chi connectivity index (χ4n) is 1.05. The molecule has 1 rings (SSSR count). The zero-order valence-corrected chi connectivity index (χ0v) is 7.93. The molecular formula is C8H9ClF2N2O. The lowest BCUT2D eigenvalue weighted by Crippen LogP contribution is -2.05. The molecule has 0 radical (unpaired) electrons. The number of aliphatic hydroxyl groups is 1. The predicted octanol–water partition coefficient (Wildman–Crippen LogP) is 1.83. The van der Waals surface area contributed by atoms with Gasteiger partial charge in [-0.2, -0.15) is 0 Å². The van der Waals surface area contributed by atoms with Gasteiger partial charge in [-0.05, 0) is 11.6 Å². The highest BCUT2D eigenvalue weighted by Gasteiger charge is 2.15. The molecular weight excluding hydrogens is 214 g/mol. The maximum absolute atomic E-state index is 12.4. The number of nitrogens with zero attached hydrogens (tertiary/aromatic N) is 1. The Bertz CT molecular complexity index is 333. The summed E-state index contributed by atoms with van der Waals surface area (Å²) in [7, 11) is 0. The van der Waals surface area contributed by atoms with Crippen molar-refractivity contribution in [2.24, 2.45) is 0 Å². The number of hydrogen-bond acceptors (Lipinski definition) is 3. The number of hydrogen-bond donors (Lipinski definition) is 2. The minimum atomic E-state index is -2.68. The Balaban J connectivity index is 3.23. The first-order valence-corrected chi connectivity index (χ1v) is 4.36. The number of anilines is 1. The first kappa shape index (κ1) is 11.1. The first-order chi connectivity index (χ1) is 6.60. The Morgan fingerprint density at radius 3 is 2.64 bits per heavy atom. The fraction of sp³-hybridized carbons (Fsp3) is 0.375. The maximum Gasteiger partial charge on any atom is 0.267 e.